The van der Waals surface area contributed by atoms with Crippen molar-refractivity contribution in [3.63, 3.8) is 0 Å². The normalized spacial score (nSPS) is 12.7. The minimum Gasteiger partial charge on any atom is -0.483 e. The van der Waals surface area contributed by atoms with E-state index in [1.54, 1.807) is 18.2 Å². The molecule has 0 spiro atoms. The molecule has 0 radical (unpaired) electrons. The van der Waals surface area contributed by atoms with Crippen LogP contribution in [0.1, 0.15) is 66.0 Å². The van der Waals surface area contributed by atoms with Gasteiger partial charge in [0.2, 0.25) is 5.91 Å². The second kappa shape index (κ2) is 11.5. The van der Waals surface area contributed by atoms with Crippen LogP contribution in [-0.2, 0) is 21.5 Å². The molecule has 0 aliphatic carbocycles. The molecule has 0 fully saturated rings. The van der Waals surface area contributed by atoms with Crippen LogP contribution in [-0.4, -0.2) is 34.9 Å². The van der Waals surface area contributed by atoms with E-state index in [2.05, 4.69) is 26.1 Å². The summed E-state index contributed by atoms with van der Waals surface area (Å²) in [6.07, 6.45) is 0.425. The van der Waals surface area contributed by atoms with Gasteiger partial charge in [0.25, 0.3) is 5.91 Å². The van der Waals surface area contributed by atoms with Crippen molar-refractivity contribution in [2.45, 2.75) is 78.4 Å². The summed E-state index contributed by atoms with van der Waals surface area (Å²) in [6, 6.07) is 12.2. The maximum atomic E-state index is 13.5. The monoisotopic (exact) mass is 506 g/mol. The van der Waals surface area contributed by atoms with E-state index in [1.165, 1.54) is 4.90 Å². The number of carbonyl (C=O) groups excluding carboxylic acids is 2. The molecular formula is C27H36Cl2N2O3. The zero-order chi connectivity index (χ0) is 25.7. The van der Waals surface area contributed by atoms with E-state index >= 15 is 0 Å². The molecule has 2 amide bonds. The highest BCUT2D eigenvalue weighted by molar-refractivity contribution is 6.36. The van der Waals surface area contributed by atoms with Gasteiger partial charge in [0.15, 0.2) is 6.61 Å². The summed E-state index contributed by atoms with van der Waals surface area (Å²) in [7, 11) is 0. The van der Waals surface area contributed by atoms with Crippen LogP contribution in [0.5, 0.6) is 5.75 Å². The molecule has 0 aromatic heterocycles. The molecule has 5 nitrogen and oxygen atoms in total. The van der Waals surface area contributed by atoms with Crippen LogP contribution in [0.4, 0.5) is 0 Å². The van der Waals surface area contributed by atoms with Crippen LogP contribution in [0.15, 0.2) is 42.5 Å². The highest BCUT2D eigenvalue weighted by Gasteiger charge is 2.32. The first-order valence-electron chi connectivity index (χ1n) is 11.5. The lowest BCUT2D eigenvalue weighted by atomic mass is 9.86. The van der Waals surface area contributed by atoms with E-state index < -0.39 is 11.6 Å². The van der Waals surface area contributed by atoms with E-state index in [0.717, 1.165) is 5.56 Å². The van der Waals surface area contributed by atoms with Crippen LogP contribution in [0.2, 0.25) is 10.0 Å². The molecule has 7 heteroatoms. The van der Waals surface area contributed by atoms with Crippen LogP contribution in [0.25, 0.3) is 0 Å². The fourth-order valence-electron chi connectivity index (χ4n) is 3.66. The third kappa shape index (κ3) is 7.64. The number of carbonyl (C=O) groups is 2. The fourth-order valence-corrected chi connectivity index (χ4v) is 4.18. The summed E-state index contributed by atoms with van der Waals surface area (Å²) in [6.45, 7) is 13.7. The van der Waals surface area contributed by atoms with Gasteiger partial charge in [-0.15, -0.1) is 0 Å². The second-order valence-corrected chi connectivity index (χ2v) is 11.2. The van der Waals surface area contributed by atoms with Crippen molar-refractivity contribution in [3.8, 4) is 5.75 Å². The molecule has 2 aromatic rings. The van der Waals surface area contributed by atoms with E-state index in [4.69, 9.17) is 27.9 Å². The van der Waals surface area contributed by atoms with Crippen LogP contribution < -0.4 is 10.1 Å². The summed E-state index contributed by atoms with van der Waals surface area (Å²) in [4.78, 5) is 28.2. The smallest absolute Gasteiger partial charge is 0.261 e. The van der Waals surface area contributed by atoms with Crippen molar-refractivity contribution in [2.24, 2.45) is 0 Å². The third-order valence-corrected chi connectivity index (χ3v) is 6.03. The lowest BCUT2D eigenvalue weighted by molar-refractivity contribution is -0.143. The number of amides is 2. The summed E-state index contributed by atoms with van der Waals surface area (Å²) >= 11 is 12.8. The van der Waals surface area contributed by atoms with Gasteiger partial charge in [0.05, 0.1) is 0 Å². The molecule has 0 saturated carbocycles. The standard InChI is InChI=1S/C27H36Cl2N2O3/c1-8-22(25(33)30-27(5,6)7)31(16-18-20(28)13-11-14-21(18)29)24(32)17-34-23-15-10-9-12-19(23)26(2,3)4/h9-15,22H,8,16-17H2,1-7H3,(H,30,33). The molecule has 186 valence electrons. The molecule has 1 atom stereocenters. The number of nitrogens with one attached hydrogen (secondary N) is 1. The molecular weight excluding hydrogens is 471 g/mol. The number of benzene rings is 2. The van der Waals surface area contributed by atoms with Crippen LogP contribution >= 0.6 is 23.2 Å². The molecule has 2 rings (SSSR count). The molecule has 1 unspecified atom stereocenters. The zero-order valence-electron chi connectivity index (χ0n) is 21.2. The molecule has 0 heterocycles. The number of hydrogen-bond donors (Lipinski definition) is 1. The minimum absolute atomic E-state index is 0.0949. The average Bonchev–Trinajstić information content (AvgIpc) is 2.72. The largest absolute Gasteiger partial charge is 0.483 e. The maximum absolute atomic E-state index is 13.5. The maximum Gasteiger partial charge on any atom is 0.261 e. The Balaban J connectivity index is 2.37. The summed E-state index contributed by atoms with van der Waals surface area (Å²) in [5, 5.41) is 3.86. The van der Waals surface area contributed by atoms with Gasteiger partial charge in [-0.1, -0.05) is 75.2 Å². The average molecular weight is 508 g/mol. The number of nitrogens with zero attached hydrogens (tertiary/aromatic N) is 1. The first kappa shape index (κ1) is 28.0. The lowest BCUT2D eigenvalue weighted by Crippen LogP contribution is -2.54. The van der Waals surface area contributed by atoms with Crippen molar-refractivity contribution in [2.75, 3.05) is 6.61 Å². The van der Waals surface area contributed by atoms with Gasteiger partial charge in [0, 0.05) is 27.7 Å². The molecule has 2 aromatic carbocycles. The highest BCUT2D eigenvalue weighted by Crippen LogP contribution is 2.31. The van der Waals surface area contributed by atoms with Gasteiger partial charge >= 0.3 is 0 Å². The first-order chi connectivity index (χ1) is 15.7. The van der Waals surface area contributed by atoms with Crippen LogP contribution in [0, 0.1) is 0 Å². The Morgan fingerprint density at radius 3 is 2.09 bits per heavy atom. The quantitative estimate of drug-likeness (QED) is 0.450. The number of rotatable bonds is 8. The summed E-state index contributed by atoms with van der Waals surface area (Å²) in [5.41, 5.74) is 1.00. The van der Waals surface area contributed by atoms with Crippen molar-refractivity contribution in [3.05, 3.63) is 63.6 Å². The Bertz CT molecular complexity index is 989. The fraction of sp³-hybridized carbons (Fsp3) is 0.481. The van der Waals surface area contributed by atoms with E-state index in [-0.39, 0.29) is 30.4 Å². The number of ether oxygens (including phenoxy) is 1. The molecule has 0 saturated heterocycles. The Labute approximate surface area is 213 Å². The predicted octanol–water partition coefficient (Wildman–Crippen LogP) is 6.39. The second-order valence-electron chi connectivity index (χ2n) is 10.4. The molecule has 0 bridgehead atoms. The van der Waals surface area contributed by atoms with Crippen molar-refractivity contribution < 1.29 is 14.3 Å². The molecule has 1 N–H and O–H groups in total. The van der Waals surface area contributed by atoms with Crippen molar-refractivity contribution >= 4 is 35.0 Å². The van der Waals surface area contributed by atoms with Gasteiger partial charge in [-0.05, 0) is 56.4 Å². The van der Waals surface area contributed by atoms with Crippen molar-refractivity contribution in [1.82, 2.24) is 10.2 Å². The first-order valence-corrected chi connectivity index (χ1v) is 12.3. The minimum atomic E-state index is -0.708. The summed E-state index contributed by atoms with van der Waals surface area (Å²) < 4.78 is 5.99. The highest BCUT2D eigenvalue weighted by atomic mass is 35.5. The Hall–Kier alpha value is -2.24. The Morgan fingerprint density at radius 1 is 0.971 bits per heavy atom. The van der Waals surface area contributed by atoms with Gasteiger partial charge in [-0.3, -0.25) is 9.59 Å². The molecule has 0 aliphatic heterocycles. The van der Waals surface area contributed by atoms with Crippen molar-refractivity contribution in [1.29, 1.82) is 0 Å². The van der Waals surface area contributed by atoms with E-state index in [0.29, 0.717) is 27.8 Å². The van der Waals surface area contributed by atoms with E-state index in [9.17, 15) is 9.59 Å². The van der Waals surface area contributed by atoms with Gasteiger partial charge < -0.3 is 15.0 Å². The zero-order valence-corrected chi connectivity index (χ0v) is 22.7. The topological polar surface area (TPSA) is 58.6 Å². The lowest BCUT2D eigenvalue weighted by Gasteiger charge is -2.33. The number of halogens is 2. The molecule has 0 aliphatic rings. The van der Waals surface area contributed by atoms with E-state index in [1.807, 2.05) is 52.0 Å². The number of hydrogen-bond acceptors (Lipinski definition) is 3. The summed E-state index contributed by atoms with van der Waals surface area (Å²) in [5.74, 6) is 0.0866. The Morgan fingerprint density at radius 2 is 1.56 bits per heavy atom. The SMILES string of the molecule is CCC(C(=O)NC(C)(C)C)N(Cc1c(Cl)cccc1Cl)C(=O)COc1ccccc1C(C)(C)C. The van der Waals surface area contributed by atoms with Crippen LogP contribution in [0.3, 0.4) is 0 Å². The van der Waals surface area contributed by atoms with Gasteiger partial charge in [-0.2, -0.15) is 0 Å². The Kier molecular flexibility index (Phi) is 9.44. The molecule has 34 heavy (non-hydrogen) atoms. The van der Waals surface area contributed by atoms with Gasteiger partial charge in [-0.25, -0.2) is 0 Å². The third-order valence-electron chi connectivity index (χ3n) is 5.32. The van der Waals surface area contributed by atoms with Gasteiger partial charge in [0.1, 0.15) is 11.8 Å². The number of para-hydroxylation sites is 1. The predicted molar refractivity (Wildman–Crippen MR) is 140 cm³/mol.